The highest BCUT2D eigenvalue weighted by atomic mass is 16.6. The van der Waals surface area contributed by atoms with Crippen LogP contribution in [0.5, 0.6) is 0 Å². The first-order chi connectivity index (χ1) is 27.9. The van der Waals surface area contributed by atoms with E-state index in [0.29, 0.717) is 0 Å². The number of rotatable bonds is 12. The molecule has 0 aliphatic carbocycles. The number of nitrogens with zero attached hydrogens (tertiary/aromatic N) is 2. The third-order valence-corrected chi connectivity index (χ3v) is 10.4. The van der Waals surface area contributed by atoms with Gasteiger partial charge in [0.25, 0.3) is 11.4 Å². The van der Waals surface area contributed by atoms with Crippen LogP contribution in [-0.2, 0) is 15.9 Å². The molecule has 276 valence electrons. The topological polar surface area (TPSA) is 95.5 Å². The SMILES string of the molecule is O=[N+]([O-])c1ccc(-c2ccccc2C(OC(c2ccccc2)(c2ccccc2)c2ccccc2-c2ccc([N+](=O)[O-])cc2)(c2ccccc2)c2ccccc2)cc1. The Morgan fingerprint density at radius 1 is 0.333 bits per heavy atom. The molecule has 0 amide bonds. The number of ether oxygens (including phenoxy) is 1. The van der Waals surface area contributed by atoms with E-state index in [1.165, 1.54) is 24.3 Å². The molecule has 0 radical (unpaired) electrons. The summed E-state index contributed by atoms with van der Waals surface area (Å²) in [6.07, 6.45) is 0. The van der Waals surface area contributed by atoms with Crippen LogP contribution >= 0.6 is 0 Å². The van der Waals surface area contributed by atoms with E-state index in [9.17, 15) is 20.2 Å². The van der Waals surface area contributed by atoms with Crippen molar-refractivity contribution in [3.05, 3.63) is 272 Å². The summed E-state index contributed by atoms with van der Waals surface area (Å²) in [4.78, 5) is 22.7. The standard InChI is InChI=1S/C50H36N2O5/c53-51(54)43-33-29-37(30-34-43)45-25-13-15-27-47(45)49(39-17-5-1-6-18-39,40-19-7-2-8-20-40)57-50(41-21-9-3-10-22-41,42-23-11-4-12-24-42)48-28-16-14-26-46(48)38-31-35-44(36-32-38)52(55)56/h1-36H. The normalized spacial score (nSPS) is 11.5. The maximum absolute atomic E-state index is 11.7. The highest BCUT2D eigenvalue weighted by Gasteiger charge is 2.50. The molecule has 57 heavy (non-hydrogen) atoms. The molecule has 0 bridgehead atoms. The molecule has 0 N–H and O–H groups in total. The van der Waals surface area contributed by atoms with Crippen LogP contribution in [0.3, 0.4) is 0 Å². The lowest BCUT2D eigenvalue weighted by molar-refractivity contribution is -0.385. The van der Waals surface area contributed by atoms with E-state index in [1.54, 1.807) is 24.3 Å². The second kappa shape index (κ2) is 15.7. The summed E-state index contributed by atoms with van der Waals surface area (Å²) in [6, 6.07) is 69.8. The van der Waals surface area contributed by atoms with Gasteiger partial charge in [0.1, 0.15) is 11.2 Å². The minimum absolute atomic E-state index is 0.000105. The molecule has 0 unspecified atom stereocenters. The quantitative estimate of drug-likeness (QED) is 0.0705. The van der Waals surface area contributed by atoms with Gasteiger partial charge < -0.3 is 4.74 Å². The Hall–Kier alpha value is -7.48. The first-order valence-corrected chi connectivity index (χ1v) is 18.5. The highest BCUT2D eigenvalue weighted by molar-refractivity contribution is 5.75. The lowest BCUT2D eigenvalue weighted by Crippen LogP contribution is -2.45. The maximum Gasteiger partial charge on any atom is 0.269 e. The van der Waals surface area contributed by atoms with Crippen LogP contribution in [0.1, 0.15) is 33.4 Å². The summed E-state index contributed by atoms with van der Waals surface area (Å²) in [7, 11) is 0. The highest BCUT2D eigenvalue weighted by Crippen LogP contribution is 2.54. The fourth-order valence-corrected chi connectivity index (χ4v) is 7.83. The Bertz CT molecular complexity index is 2370. The molecule has 0 spiro atoms. The lowest BCUT2D eigenvalue weighted by atomic mass is 9.72. The van der Waals surface area contributed by atoms with Gasteiger partial charge in [-0.1, -0.05) is 170 Å². The predicted molar refractivity (Wildman–Crippen MR) is 224 cm³/mol. The van der Waals surface area contributed by atoms with Crippen molar-refractivity contribution < 1.29 is 14.6 Å². The Kier molecular flexibility index (Phi) is 10.1. The van der Waals surface area contributed by atoms with Gasteiger partial charge in [0.15, 0.2) is 0 Å². The van der Waals surface area contributed by atoms with Gasteiger partial charge in [0.05, 0.1) is 9.85 Å². The van der Waals surface area contributed by atoms with E-state index in [0.717, 1.165) is 55.6 Å². The molecule has 0 fully saturated rings. The minimum Gasteiger partial charge on any atom is -0.340 e. The van der Waals surface area contributed by atoms with Gasteiger partial charge in [0.2, 0.25) is 0 Å². The number of nitro groups is 2. The van der Waals surface area contributed by atoms with E-state index in [2.05, 4.69) is 60.7 Å². The Morgan fingerprint density at radius 3 is 0.877 bits per heavy atom. The first kappa shape index (κ1) is 36.5. The number of hydrogen-bond acceptors (Lipinski definition) is 5. The summed E-state index contributed by atoms with van der Waals surface area (Å²) in [5.41, 5.74) is 5.62. The molecule has 7 nitrogen and oxygen atoms in total. The molecule has 0 aliphatic rings. The molecule has 0 heterocycles. The molecule has 7 heteroatoms. The largest absolute Gasteiger partial charge is 0.340 e. The third kappa shape index (κ3) is 6.77. The van der Waals surface area contributed by atoms with Crippen molar-refractivity contribution in [2.24, 2.45) is 0 Å². The van der Waals surface area contributed by atoms with Crippen LogP contribution in [0.15, 0.2) is 218 Å². The lowest BCUT2D eigenvalue weighted by Gasteiger charge is -2.47. The van der Waals surface area contributed by atoms with E-state index < -0.39 is 21.0 Å². The second-order valence-corrected chi connectivity index (χ2v) is 13.6. The van der Waals surface area contributed by atoms with Crippen molar-refractivity contribution in [1.29, 1.82) is 0 Å². The average Bonchev–Trinajstić information content (AvgIpc) is 3.28. The zero-order chi connectivity index (χ0) is 39.2. The second-order valence-electron chi connectivity index (χ2n) is 13.6. The van der Waals surface area contributed by atoms with E-state index in [-0.39, 0.29) is 11.4 Å². The van der Waals surface area contributed by atoms with Crippen molar-refractivity contribution >= 4 is 11.4 Å². The number of hydrogen-bond donors (Lipinski definition) is 0. The van der Waals surface area contributed by atoms with Crippen LogP contribution < -0.4 is 0 Å². The zero-order valence-corrected chi connectivity index (χ0v) is 30.7. The monoisotopic (exact) mass is 744 g/mol. The molecule has 0 aliphatic heterocycles. The maximum atomic E-state index is 11.7. The van der Waals surface area contributed by atoms with Crippen molar-refractivity contribution in [2.75, 3.05) is 0 Å². The zero-order valence-electron chi connectivity index (χ0n) is 30.7. The van der Waals surface area contributed by atoms with Gasteiger partial charge in [-0.05, 0) is 68.8 Å². The Balaban J connectivity index is 1.52. The number of non-ortho nitro benzene ring substituents is 2. The number of nitro benzene ring substituents is 2. The van der Waals surface area contributed by atoms with Gasteiger partial charge in [-0.3, -0.25) is 20.2 Å². The molecular formula is C50H36N2O5. The molecule has 0 aromatic heterocycles. The Labute approximate surface area is 330 Å². The molecule has 0 atom stereocenters. The van der Waals surface area contributed by atoms with E-state index >= 15 is 0 Å². The molecule has 8 rings (SSSR count). The molecule has 8 aromatic rings. The molecule has 8 aromatic carbocycles. The summed E-state index contributed by atoms with van der Waals surface area (Å²) < 4.78 is 8.37. The predicted octanol–water partition coefficient (Wildman–Crippen LogP) is 12.1. The summed E-state index contributed by atoms with van der Waals surface area (Å²) in [5.74, 6) is 0. The minimum atomic E-state index is -1.34. The van der Waals surface area contributed by atoms with Crippen molar-refractivity contribution in [3.8, 4) is 22.3 Å². The van der Waals surface area contributed by atoms with Gasteiger partial charge in [0, 0.05) is 35.4 Å². The van der Waals surface area contributed by atoms with E-state index in [1.807, 2.05) is 109 Å². The van der Waals surface area contributed by atoms with Crippen molar-refractivity contribution in [2.45, 2.75) is 11.2 Å². The van der Waals surface area contributed by atoms with Gasteiger partial charge in [-0.15, -0.1) is 0 Å². The van der Waals surface area contributed by atoms with Crippen LogP contribution in [-0.4, -0.2) is 9.85 Å². The molecular weight excluding hydrogens is 709 g/mol. The number of benzene rings is 8. The summed E-state index contributed by atoms with van der Waals surface area (Å²) >= 11 is 0. The van der Waals surface area contributed by atoms with Gasteiger partial charge in [-0.25, -0.2) is 0 Å². The van der Waals surface area contributed by atoms with Crippen LogP contribution in [0.2, 0.25) is 0 Å². The van der Waals surface area contributed by atoms with Crippen molar-refractivity contribution in [3.63, 3.8) is 0 Å². The van der Waals surface area contributed by atoms with Crippen molar-refractivity contribution in [1.82, 2.24) is 0 Å². The first-order valence-electron chi connectivity index (χ1n) is 18.5. The van der Waals surface area contributed by atoms with Crippen LogP contribution in [0.4, 0.5) is 11.4 Å². The van der Waals surface area contributed by atoms with Crippen LogP contribution in [0.25, 0.3) is 22.3 Å². The molecule has 0 saturated heterocycles. The summed E-state index contributed by atoms with van der Waals surface area (Å²) in [5, 5.41) is 23.5. The smallest absolute Gasteiger partial charge is 0.269 e. The fourth-order valence-electron chi connectivity index (χ4n) is 7.83. The fraction of sp³-hybridized carbons (Fsp3) is 0.0400. The third-order valence-electron chi connectivity index (χ3n) is 10.4. The molecule has 0 saturated carbocycles. The summed E-state index contributed by atoms with van der Waals surface area (Å²) in [6.45, 7) is 0. The van der Waals surface area contributed by atoms with E-state index in [4.69, 9.17) is 4.74 Å². The average molecular weight is 745 g/mol. The van der Waals surface area contributed by atoms with Gasteiger partial charge >= 0.3 is 0 Å². The van der Waals surface area contributed by atoms with Gasteiger partial charge in [-0.2, -0.15) is 0 Å². The van der Waals surface area contributed by atoms with Crippen LogP contribution in [0, 0.1) is 20.2 Å². The Morgan fingerprint density at radius 2 is 0.596 bits per heavy atom.